The number of aryl methyl sites for hydroxylation is 1. The maximum absolute atomic E-state index is 5.96. The minimum atomic E-state index is 0.205. The molecule has 18 heavy (non-hydrogen) atoms. The van der Waals surface area contributed by atoms with E-state index in [1.807, 2.05) is 0 Å². The van der Waals surface area contributed by atoms with Crippen molar-refractivity contribution in [3.8, 4) is 5.75 Å². The first-order valence-electron chi connectivity index (χ1n) is 6.90. The van der Waals surface area contributed by atoms with Crippen LogP contribution in [0.5, 0.6) is 5.75 Å². The first kappa shape index (κ1) is 12.0. The molecule has 0 aliphatic carbocycles. The van der Waals surface area contributed by atoms with E-state index >= 15 is 0 Å². The van der Waals surface area contributed by atoms with Crippen LogP contribution in [-0.2, 0) is 11.2 Å². The zero-order valence-electron chi connectivity index (χ0n) is 10.9. The molecular formula is C15H21NO2. The molecule has 0 radical (unpaired) electrons. The number of benzene rings is 1. The van der Waals surface area contributed by atoms with Gasteiger partial charge in [-0.25, -0.2) is 0 Å². The Kier molecular flexibility index (Phi) is 3.52. The first-order chi connectivity index (χ1) is 8.81. The zero-order chi connectivity index (χ0) is 12.4. The summed E-state index contributed by atoms with van der Waals surface area (Å²) in [5.74, 6) is 1.04. The van der Waals surface area contributed by atoms with Gasteiger partial charge in [0, 0.05) is 6.42 Å². The number of hydrogen-bond donors (Lipinski definition) is 1. The Morgan fingerprint density at radius 2 is 2.17 bits per heavy atom. The van der Waals surface area contributed by atoms with Gasteiger partial charge in [-0.3, -0.25) is 0 Å². The predicted octanol–water partition coefficient (Wildman–Crippen LogP) is 2.07. The summed E-state index contributed by atoms with van der Waals surface area (Å²) in [6, 6.07) is 6.41. The van der Waals surface area contributed by atoms with E-state index in [1.165, 1.54) is 11.1 Å². The summed E-state index contributed by atoms with van der Waals surface area (Å²) in [6.45, 7) is 5.00. The minimum Gasteiger partial charge on any atom is -0.487 e. The van der Waals surface area contributed by atoms with Gasteiger partial charge in [-0.2, -0.15) is 0 Å². The van der Waals surface area contributed by atoms with Gasteiger partial charge in [-0.15, -0.1) is 0 Å². The van der Waals surface area contributed by atoms with E-state index in [4.69, 9.17) is 9.47 Å². The fourth-order valence-corrected chi connectivity index (χ4v) is 2.75. The van der Waals surface area contributed by atoms with Crippen LogP contribution in [-0.4, -0.2) is 31.9 Å². The lowest BCUT2D eigenvalue weighted by Crippen LogP contribution is -2.34. The second-order valence-corrected chi connectivity index (χ2v) is 5.34. The number of fused-ring (bicyclic) bond motifs is 1. The van der Waals surface area contributed by atoms with Crippen molar-refractivity contribution in [1.29, 1.82) is 0 Å². The largest absolute Gasteiger partial charge is 0.487 e. The quantitative estimate of drug-likeness (QED) is 0.887. The Morgan fingerprint density at radius 1 is 1.33 bits per heavy atom. The molecule has 1 saturated heterocycles. The highest BCUT2D eigenvalue weighted by atomic mass is 16.5. The molecule has 0 spiro atoms. The van der Waals surface area contributed by atoms with Crippen LogP contribution in [0.25, 0.3) is 0 Å². The maximum atomic E-state index is 5.96. The summed E-state index contributed by atoms with van der Waals surface area (Å²) in [7, 11) is 0. The molecule has 3 rings (SSSR count). The van der Waals surface area contributed by atoms with E-state index in [0.29, 0.717) is 6.10 Å². The molecule has 0 bridgehead atoms. The summed E-state index contributed by atoms with van der Waals surface area (Å²) in [5, 5.41) is 3.35. The summed E-state index contributed by atoms with van der Waals surface area (Å²) in [6.07, 6.45) is 3.86. The van der Waals surface area contributed by atoms with Gasteiger partial charge in [0.1, 0.15) is 11.9 Å². The van der Waals surface area contributed by atoms with Crippen molar-refractivity contribution in [3.63, 3.8) is 0 Å². The van der Waals surface area contributed by atoms with Gasteiger partial charge in [0.15, 0.2) is 0 Å². The van der Waals surface area contributed by atoms with Gasteiger partial charge >= 0.3 is 0 Å². The summed E-state index contributed by atoms with van der Waals surface area (Å²) in [5.41, 5.74) is 2.63. The molecular weight excluding hydrogens is 226 g/mol. The SMILES string of the molecule is Cc1ccc2c(c1)CC(COC1CCNCC1)O2. The topological polar surface area (TPSA) is 30.5 Å². The highest BCUT2D eigenvalue weighted by Crippen LogP contribution is 2.29. The molecule has 0 saturated carbocycles. The molecule has 3 nitrogen and oxygen atoms in total. The lowest BCUT2D eigenvalue weighted by Gasteiger charge is -2.24. The molecule has 1 fully saturated rings. The van der Waals surface area contributed by atoms with Gasteiger partial charge in [0.2, 0.25) is 0 Å². The molecule has 98 valence electrons. The van der Waals surface area contributed by atoms with Crippen LogP contribution >= 0.6 is 0 Å². The van der Waals surface area contributed by atoms with Crippen LogP contribution in [0.4, 0.5) is 0 Å². The van der Waals surface area contributed by atoms with Gasteiger partial charge in [0.05, 0.1) is 12.7 Å². The highest BCUT2D eigenvalue weighted by molar-refractivity contribution is 5.40. The second-order valence-electron chi connectivity index (χ2n) is 5.34. The third kappa shape index (κ3) is 2.68. The van der Waals surface area contributed by atoms with E-state index in [0.717, 1.165) is 44.7 Å². The monoisotopic (exact) mass is 247 g/mol. The third-order valence-corrected chi connectivity index (χ3v) is 3.76. The zero-order valence-corrected chi connectivity index (χ0v) is 10.9. The molecule has 2 aliphatic rings. The predicted molar refractivity (Wildman–Crippen MR) is 71.1 cm³/mol. The van der Waals surface area contributed by atoms with Crippen molar-refractivity contribution in [1.82, 2.24) is 5.32 Å². The summed E-state index contributed by atoms with van der Waals surface area (Å²) >= 11 is 0. The molecule has 3 heteroatoms. The Labute approximate surface area is 108 Å². The van der Waals surface area contributed by atoms with E-state index in [-0.39, 0.29) is 6.10 Å². The molecule has 2 aliphatic heterocycles. The molecule has 1 atom stereocenters. The summed E-state index contributed by atoms with van der Waals surface area (Å²) < 4.78 is 11.9. The smallest absolute Gasteiger partial charge is 0.126 e. The lowest BCUT2D eigenvalue weighted by atomic mass is 10.1. The maximum Gasteiger partial charge on any atom is 0.126 e. The second kappa shape index (κ2) is 5.29. The van der Waals surface area contributed by atoms with Crippen LogP contribution < -0.4 is 10.1 Å². The summed E-state index contributed by atoms with van der Waals surface area (Å²) in [4.78, 5) is 0. The van der Waals surface area contributed by atoms with Gasteiger partial charge in [0.25, 0.3) is 0 Å². The molecule has 0 amide bonds. The Hall–Kier alpha value is -1.06. The van der Waals surface area contributed by atoms with Crippen molar-refractivity contribution >= 4 is 0 Å². The molecule has 1 aromatic carbocycles. The van der Waals surface area contributed by atoms with Crippen molar-refractivity contribution < 1.29 is 9.47 Å². The third-order valence-electron chi connectivity index (χ3n) is 3.76. The lowest BCUT2D eigenvalue weighted by molar-refractivity contribution is -0.00685. The fourth-order valence-electron chi connectivity index (χ4n) is 2.75. The number of ether oxygens (including phenoxy) is 2. The minimum absolute atomic E-state index is 0.205. The van der Waals surface area contributed by atoms with Crippen molar-refractivity contribution in [2.24, 2.45) is 0 Å². The van der Waals surface area contributed by atoms with Crippen molar-refractivity contribution in [2.75, 3.05) is 19.7 Å². The first-order valence-corrected chi connectivity index (χ1v) is 6.90. The van der Waals surface area contributed by atoms with Crippen molar-refractivity contribution in [2.45, 2.75) is 38.4 Å². The Bertz CT molecular complexity index is 413. The van der Waals surface area contributed by atoms with E-state index in [1.54, 1.807) is 0 Å². The van der Waals surface area contributed by atoms with E-state index in [2.05, 4.69) is 30.4 Å². The van der Waals surface area contributed by atoms with Crippen LogP contribution in [0.15, 0.2) is 18.2 Å². The van der Waals surface area contributed by atoms with Crippen LogP contribution in [0.2, 0.25) is 0 Å². The highest BCUT2D eigenvalue weighted by Gasteiger charge is 2.24. The van der Waals surface area contributed by atoms with E-state index in [9.17, 15) is 0 Å². The Morgan fingerprint density at radius 3 is 3.00 bits per heavy atom. The standard InChI is InChI=1S/C15H21NO2/c1-11-2-3-15-12(8-11)9-14(18-15)10-17-13-4-6-16-7-5-13/h2-3,8,13-14,16H,4-7,9-10H2,1H3. The normalized spacial score (nSPS) is 23.7. The molecule has 1 unspecified atom stereocenters. The van der Waals surface area contributed by atoms with Crippen LogP contribution in [0, 0.1) is 6.92 Å². The average Bonchev–Trinajstić information content (AvgIpc) is 2.79. The van der Waals surface area contributed by atoms with Crippen molar-refractivity contribution in [3.05, 3.63) is 29.3 Å². The van der Waals surface area contributed by atoms with Gasteiger partial charge in [-0.05, 0) is 44.5 Å². The van der Waals surface area contributed by atoms with Crippen LogP contribution in [0.3, 0.4) is 0 Å². The van der Waals surface area contributed by atoms with Gasteiger partial charge < -0.3 is 14.8 Å². The number of nitrogens with one attached hydrogen (secondary N) is 1. The molecule has 0 aromatic heterocycles. The van der Waals surface area contributed by atoms with E-state index < -0.39 is 0 Å². The van der Waals surface area contributed by atoms with Gasteiger partial charge in [-0.1, -0.05) is 17.7 Å². The Balaban J connectivity index is 1.51. The molecule has 2 heterocycles. The number of hydrogen-bond acceptors (Lipinski definition) is 3. The van der Waals surface area contributed by atoms with Crippen LogP contribution in [0.1, 0.15) is 24.0 Å². The average molecular weight is 247 g/mol. The molecule has 1 aromatic rings. The number of rotatable bonds is 3. The number of piperidine rings is 1. The molecule has 1 N–H and O–H groups in total. The fraction of sp³-hybridized carbons (Fsp3) is 0.600.